The van der Waals surface area contributed by atoms with Gasteiger partial charge in [-0.1, -0.05) is 12.1 Å². The summed E-state index contributed by atoms with van der Waals surface area (Å²) in [5, 5.41) is 2.74. The van der Waals surface area contributed by atoms with Crippen molar-refractivity contribution in [2.45, 2.75) is 11.1 Å². The molecule has 28 heavy (non-hydrogen) atoms. The Bertz CT molecular complexity index is 826. The molecular formula is C19H19F3N2O3S. The highest BCUT2D eigenvalue weighted by Crippen LogP contribution is 2.30. The zero-order valence-corrected chi connectivity index (χ0v) is 16.1. The first-order valence-electron chi connectivity index (χ1n) is 8.17. The third kappa shape index (κ3) is 6.19. The van der Waals surface area contributed by atoms with Crippen molar-refractivity contribution in [2.75, 3.05) is 31.8 Å². The quantitative estimate of drug-likeness (QED) is 0.701. The van der Waals surface area contributed by atoms with Gasteiger partial charge < -0.3 is 15.0 Å². The number of ether oxygens (including phenoxy) is 1. The van der Waals surface area contributed by atoms with Crippen LogP contribution in [0.4, 0.5) is 18.9 Å². The molecule has 0 saturated heterocycles. The molecule has 0 bridgehead atoms. The van der Waals surface area contributed by atoms with E-state index in [1.54, 1.807) is 12.1 Å². The minimum Gasteiger partial charge on any atom is -0.484 e. The SMILES string of the molecule is CSc1ccccc1NC(=O)CN(C)C(=O)COc1ccc(C(F)(F)F)cc1. The van der Waals surface area contributed by atoms with E-state index < -0.39 is 24.3 Å². The van der Waals surface area contributed by atoms with Crippen molar-refractivity contribution < 1.29 is 27.5 Å². The molecule has 1 N–H and O–H groups in total. The minimum atomic E-state index is -4.43. The molecule has 2 amide bonds. The molecule has 0 spiro atoms. The van der Waals surface area contributed by atoms with Crippen LogP contribution in [0.1, 0.15) is 5.56 Å². The van der Waals surface area contributed by atoms with Crippen LogP contribution in [0, 0.1) is 0 Å². The molecule has 0 aliphatic rings. The van der Waals surface area contributed by atoms with Crippen molar-refractivity contribution in [3.05, 3.63) is 54.1 Å². The van der Waals surface area contributed by atoms with E-state index >= 15 is 0 Å². The van der Waals surface area contributed by atoms with Crippen LogP contribution in [0.15, 0.2) is 53.4 Å². The van der Waals surface area contributed by atoms with Crippen LogP contribution in [0.25, 0.3) is 0 Å². The Morgan fingerprint density at radius 2 is 1.75 bits per heavy atom. The molecule has 0 aromatic heterocycles. The number of thioether (sulfide) groups is 1. The lowest BCUT2D eigenvalue weighted by Gasteiger charge is -2.18. The van der Waals surface area contributed by atoms with Crippen molar-refractivity contribution in [3.63, 3.8) is 0 Å². The second-order valence-electron chi connectivity index (χ2n) is 5.81. The van der Waals surface area contributed by atoms with E-state index in [4.69, 9.17) is 4.74 Å². The maximum Gasteiger partial charge on any atom is 0.416 e. The largest absolute Gasteiger partial charge is 0.484 e. The zero-order valence-electron chi connectivity index (χ0n) is 15.2. The highest BCUT2D eigenvalue weighted by molar-refractivity contribution is 7.98. The number of para-hydroxylation sites is 1. The van der Waals surface area contributed by atoms with Crippen molar-refractivity contribution in [2.24, 2.45) is 0 Å². The summed E-state index contributed by atoms with van der Waals surface area (Å²) >= 11 is 1.49. The number of hydrogen-bond donors (Lipinski definition) is 1. The number of halogens is 3. The van der Waals surface area contributed by atoms with Crippen LogP contribution in [0.3, 0.4) is 0 Å². The molecule has 0 fully saturated rings. The van der Waals surface area contributed by atoms with Gasteiger partial charge in [0.15, 0.2) is 6.61 Å². The lowest BCUT2D eigenvalue weighted by Crippen LogP contribution is -2.37. The van der Waals surface area contributed by atoms with Gasteiger partial charge in [0, 0.05) is 11.9 Å². The van der Waals surface area contributed by atoms with Gasteiger partial charge in [-0.2, -0.15) is 13.2 Å². The van der Waals surface area contributed by atoms with Crippen LogP contribution in [-0.2, 0) is 15.8 Å². The predicted molar refractivity (Wildman–Crippen MR) is 101 cm³/mol. The Morgan fingerprint density at radius 3 is 2.36 bits per heavy atom. The van der Waals surface area contributed by atoms with Gasteiger partial charge in [-0.05, 0) is 42.7 Å². The molecule has 0 unspecified atom stereocenters. The molecule has 9 heteroatoms. The monoisotopic (exact) mass is 412 g/mol. The molecule has 150 valence electrons. The number of nitrogens with zero attached hydrogens (tertiary/aromatic N) is 1. The standard InChI is InChI=1S/C19H19F3N2O3S/c1-24(11-17(25)23-15-5-3-4-6-16(15)28-2)18(26)12-27-14-9-7-13(8-10-14)19(20,21)22/h3-10H,11-12H2,1-2H3,(H,23,25). The number of nitrogens with one attached hydrogen (secondary N) is 1. The average molecular weight is 412 g/mol. The normalized spacial score (nSPS) is 11.0. The number of benzene rings is 2. The van der Waals surface area contributed by atoms with E-state index in [1.165, 1.54) is 23.7 Å². The lowest BCUT2D eigenvalue weighted by molar-refractivity contribution is -0.137. The molecular weight excluding hydrogens is 393 g/mol. The fraction of sp³-hybridized carbons (Fsp3) is 0.263. The van der Waals surface area contributed by atoms with Gasteiger partial charge in [0.1, 0.15) is 5.75 Å². The molecule has 2 rings (SSSR count). The molecule has 0 atom stereocenters. The van der Waals surface area contributed by atoms with Gasteiger partial charge in [0.05, 0.1) is 17.8 Å². The first-order chi connectivity index (χ1) is 13.2. The van der Waals surface area contributed by atoms with Gasteiger partial charge in [-0.15, -0.1) is 11.8 Å². The first-order valence-corrected chi connectivity index (χ1v) is 9.40. The second-order valence-corrected chi connectivity index (χ2v) is 6.66. The fourth-order valence-electron chi connectivity index (χ4n) is 2.24. The summed E-state index contributed by atoms with van der Waals surface area (Å²) in [6, 6.07) is 11.3. The summed E-state index contributed by atoms with van der Waals surface area (Å²) in [6.07, 6.45) is -2.55. The third-order valence-electron chi connectivity index (χ3n) is 3.73. The maximum atomic E-state index is 12.5. The predicted octanol–water partition coefficient (Wildman–Crippen LogP) is 3.90. The Labute approximate surface area is 164 Å². The van der Waals surface area contributed by atoms with Crippen LogP contribution in [-0.4, -0.2) is 43.2 Å². The summed E-state index contributed by atoms with van der Waals surface area (Å²) < 4.78 is 42.8. The Balaban J connectivity index is 1.84. The summed E-state index contributed by atoms with van der Waals surface area (Å²) in [5.41, 5.74) is -0.146. The summed E-state index contributed by atoms with van der Waals surface area (Å²) in [7, 11) is 1.44. The number of carbonyl (C=O) groups is 2. The highest BCUT2D eigenvalue weighted by atomic mass is 32.2. The maximum absolute atomic E-state index is 12.5. The van der Waals surface area contributed by atoms with E-state index in [9.17, 15) is 22.8 Å². The van der Waals surface area contributed by atoms with Gasteiger partial charge in [-0.3, -0.25) is 9.59 Å². The summed E-state index contributed by atoms with van der Waals surface area (Å²) in [5.74, 6) is -0.715. The fourth-order valence-corrected chi connectivity index (χ4v) is 2.79. The van der Waals surface area contributed by atoms with Gasteiger partial charge >= 0.3 is 6.18 Å². The summed E-state index contributed by atoms with van der Waals surface area (Å²) in [6.45, 7) is -0.575. The van der Waals surface area contributed by atoms with Crippen molar-refractivity contribution in [1.82, 2.24) is 4.90 Å². The Morgan fingerprint density at radius 1 is 1.11 bits per heavy atom. The number of amides is 2. The smallest absolute Gasteiger partial charge is 0.416 e. The summed E-state index contributed by atoms with van der Waals surface area (Å²) in [4.78, 5) is 26.3. The molecule has 0 radical (unpaired) electrons. The third-order valence-corrected chi connectivity index (χ3v) is 4.53. The lowest BCUT2D eigenvalue weighted by atomic mass is 10.2. The number of likely N-dealkylation sites (N-methyl/N-ethyl adjacent to an activating group) is 1. The van der Waals surface area contributed by atoms with Crippen LogP contribution < -0.4 is 10.1 Å². The topological polar surface area (TPSA) is 58.6 Å². The minimum absolute atomic E-state index is 0.132. The first kappa shape index (κ1) is 21.6. The number of carbonyl (C=O) groups excluding carboxylic acids is 2. The van der Waals surface area contributed by atoms with E-state index in [-0.39, 0.29) is 18.2 Å². The molecule has 0 saturated carbocycles. The van der Waals surface area contributed by atoms with Gasteiger partial charge in [0.2, 0.25) is 5.91 Å². The zero-order chi connectivity index (χ0) is 20.7. The molecule has 2 aromatic carbocycles. The molecule has 0 heterocycles. The Kier molecular flexibility index (Phi) is 7.33. The van der Waals surface area contributed by atoms with E-state index in [1.807, 2.05) is 18.4 Å². The molecule has 5 nitrogen and oxygen atoms in total. The average Bonchev–Trinajstić information content (AvgIpc) is 2.66. The van der Waals surface area contributed by atoms with E-state index in [0.29, 0.717) is 5.69 Å². The second kappa shape index (κ2) is 9.50. The van der Waals surface area contributed by atoms with E-state index in [2.05, 4.69) is 5.32 Å². The van der Waals surface area contributed by atoms with Gasteiger partial charge in [-0.25, -0.2) is 0 Å². The molecule has 0 aliphatic carbocycles. The Hall–Kier alpha value is -2.68. The highest BCUT2D eigenvalue weighted by Gasteiger charge is 2.30. The number of rotatable bonds is 7. The number of hydrogen-bond acceptors (Lipinski definition) is 4. The van der Waals surface area contributed by atoms with Crippen LogP contribution >= 0.6 is 11.8 Å². The van der Waals surface area contributed by atoms with Crippen molar-refractivity contribution in [1.29, 1.82) is 0 Å². The van der Waals surface area contributed by atoms with Crippen LogP contribution in [0.2, 0.25) is 0 Å². The van der Waals surface area contributed by atoms with Crippen LogP contribution in [0.5, 0.6) is 5.75 Å². The molecule has 0 aliphatic heterocycles. The number of anilines is 1. The van der Waals surface area contributed by atoms with Crippen molar-refractivity contribution in [3.8, 4) is 5.75 Å². The van der Waals surface area contributed by atoms with Gasteiger partial charge in [0.25, 0.3) is 5.91 Å². The van der Waals surface area contributed by atoms with E-state index in [0.717, 1.165) is 29.2 Å². The molecule has 2 aromatic rings. The van der Waals surface area contributed by atoms with Crippen molar-refractivity contribution >= 4 is 29.3 Å². The number of alkyl halides is 3.